The number of pyridine rings is 1. The number of aromatic nitrogens is 1. The molecule has 22 heavy (non-hydrogen) atoms. The number of anilines is 1. The van der Waals surface area contributed by atoms with E-state index in [-0.39, 0.29) is 5.76 Å². The highest BCUT2D eigenvalue weighted by molar-refractivity contribution is 5.82. The molecule has 1 N–H and O–H groups in total. The van der Waals surface area contributed by atoms with Gasteiger partial charge in [-0.3, -0.25) is 0 Å². The smallest absolute Gasteiger partial charge is 0.124 e. The second kappa shape index (κ2) is 5.90. The molecule has 0 amide bonds. The number of aliphatic hydroxyl groups is 1. The van der Waals surface area contributed by atoms with E-state index in [0.717, 1.165) is 27.8 Å². The van der Waals surface area contributed by atoms with Crippen LogP contribution in [0.2, 0.25) is 0 Å². The lowest BCUT2D eigenvalue weighted by Gasteiger charge is -2.12. The molecule has 3 heteroatoms. The summed E-state index contributed by atoms with van der Waals surface area (Å²) >= 11 is 0. The first-order valence-electron chi connectivity index (χ1n) is 7.18. The molecule has 2 aromatic carbocycles. The van der Waals surface area contributed by atoms with Gasteiger partial charge in [-0.15, -0.1) is 0 Å². The zero-order valence-corrected chi connectivity index (χ0v) is 12.7. The van der Waals surface area contributed by atoms with Gasteiger partial charge >= 0.3 is 0 Å². The zero-order valence-electron chi connectivity index (χ0n) is 12.7. The molecule has 1 aromatic heterocycles. The molecule has 0 saturated heterocycles. The molecule has 0 atom stereocenters. The Balaban J connectivity index is 1.91. The topological polar surface area (TPSA) is 36.4 Å². The largest absolute Gasteiger partial charge is 0.507 e. The second-order valence-corrected chi connectivity index (χ2v) is 5.40. The highest BCUT2D eigenvalue weighted by atomic mass is 16.3. The first kappa shape index (κ1) is 14.1. The van der Waals surface area contributed by atoms with Crippen molar-refractivity contribution in [1.29, 1.82) is 0 Å². The molecule has 0 radical (unpaired) electrons. The van der Waals surface area contributed by atoms with E-state index in [4.69, 9.17) is 0 Å². The first-order valence-corrected chi connectivity index (χ1v) is 7.18. The van der Waals surface area contributed by atoms with Crippen molar-refractivity contribution < 1.29 is 5.11 Å². The van der Waals surface area contributed by atoms with Gasteiger partial charge in [0.25, 0.3) is 0 Å². The Labute approximate surface area is 130 Å². The van der Waals surface area contributed by atoms with Crippen LogP contribution in [0, 0.1) is 0 Å². The Morgan fingerprint density at radius 3 is 2.41 bits per heavy atom. The third-order valence-electron chi connectivity index (χ3n) is 3.58. The Kier molecular flexibility index (Phi) is 3.79. The number of hydrogen-bond acceptors (Lipinski definition) is 3. The van der Waals surface area contributed by atoms with Crippen molar-refractivity contribution >= 4 is 28.4 Å². The quantitative estimate of drug-likeness (QED) is 0.728. The first-order chi connectivity index (χ1) is 10.6. The predicted molar refractivity (Wildman–Crippen MR) is 93.0 cm³/mol. The van der Waals surface area contributed by atoms with Gasteiger partial charge in [-0.2, -0.15) is 0 Å². The summed E-state index contributed by atoms with van der Waals surface area (Å²) in [6.07, 6.45) is 1.69. The van der Waals surface area contributed by atoms with Crippen molar-refractivity contribution in [3.63, 3.8) is 0 Å². The lowest BCUT2D eigenvalue weighted by atomic mass is 10.1. The van der Waals surface area contributed by atoms with Gasteiger partial charge in [-0.05, 0) is 36.4 Å². The Morgan fingerprint density at radius 2 is 1.68 bits per heavy atom. The summed E-state index contributed by atoms with van der Waals surface area (Å²) < 4.78 is 0. The van der Waals surface area contributed by atoms with Gasteiger partial charge in [0.2, 0.25) is 0 Å². The summed E-state index contributed by atoms with van der Waals surface area (Å²) in [4.78, 5) is 6.57. The summed E-state index contributed by atoms with van der Waals surface area (Å²) in [5, 5.41) is 11.4. The van der Waals surface area contributed by atoms with E-state index in [9.17, 15) is 5.11 Å². The number of aliphatic hydroxyl groups excluding tert-OH is 1. The van der Waals surface area contributed by atoms with Crippen LogP contribution < -0.4 is 4.90 Å². The van der Waals surface area contributed by atoms with Crippen molar-refractivity contribution in [2.75, 3.05) is 19.0 Å². The van der Waals surface area contributed by atoms with Crippen LogP contribution in [0.1, 0.15) is 11.3 Å². The van der Waals surface area contributed by atoms with Crippen LogP contribution in [0.4, 0.5) is 5.69 Å². The summed E-state index contributed by atoms with van der Waals surface area (Å²) in [6.45, 7) is 0. The summed E-state index contributed by atoms with van der Waals surface area (Å²) in [7, 11) is 3.98. The lowest BCUT2D eigenvalue weighted by molar-refractivity contribution is 0.515. The number of hydrogen-bond donors (Lipinski definition) is 1. The molecular weight excluding hydrogens is 272 g/mol. The minimum absolute atomic E-state index is 0.216. The molecule has 110 valence electrons. The number of benzene rings is 2. The van der Waals surface area contributed by atoms with E-state index in [1.807, 2.05) is 79.7 Å². The minimum Gasteiger partial charge on any atom is -0.507 e. The van der Waals surface area contributed by atoms with E-state index < -0.39 is 0 Å². The Bertz CT molecular complexity index is 820. The zero-order chi connectivity index (χ0) is 15.5. The van der Waals surface area contributed by atoms with Gasteiger partial charge in [-0.25, -0.2) is 4.98 Å². The maximum atomic E-state index is 10.3. The highest BCUT2D eigenvalue weighted by Gasteiger charge is 2.02. The standard InChI is InChI=1S/C19H18N2O/c1-21(2)17-11-8-15(9-12-17)19(22)13-16-10-7-14-5-3-4-6-18(14)20-16/h3-13,22H,1-2H3/b19-13-. The SMILES string of the molecule is CN(C)c1ccc(/C(O)=C/c2ccc3ccccc3n2)cc1. The fourth-order valence-electron chi connectivity index (χ4n) is 2.32. The molecule has 3 nitrogen and oxygen atoms in total. The molecule has 1 heterocycles. The monoisotopic (exact) mass is 290 g/mol. The van der Waals surface area contributed by atoms with Crippen LogP contribution in [-0.4, -0.2) is 24.2 Å². The van der Waals surface area contributed by atoms with Crippen molar-refractivity contribution in [3.8, 4) is 0 Å². The average molecular weight is 290 g/mol. The third kappa shape index (κ3) is 2.93. The number of para-hydroxylation sites is 1. The number of nitrogens with zero attached hydrogens (tertiary/aromatic N) is 2. The molecule has 0 bridgehead atoms. The third-order valence-corrected chi connectivity index (χ3v) is 3.58. The molecule has 0 saturated carbocycles. The Morgan fingerprint density at radius 1 is 0.955 bits per heavy atom. The normalized spacial score (nSPS) is 11.6. The maximum Gasteiger partial charge on any atom is 0.124 e. The van der Waals surface area contributed by atoms with Crippen LogP contribution in [-0.2, 0) is 0 Å². The van der Waals surface area contributed by atoms with Crippen molar-refractivity contribution in [2.45, 2.75) is 0 Å². The van der Waals surface area contributed by atoms with Crippen LogP contribution in [0.15, 0.2) is 60.7 Å². The van der Waals surface area contributed by atoms with Gasteiger partial charge in [0.05, 0.1) is 11.2 Å². The van der Waals surface area contributed by atoms with E-state index >= 15 is 0 Å². The number of fused-ring (bicyclic) bond motifs is 1. The van der Waals surface area contributed by atoms with E-state index in [1.165, 1.54) is 0 Å². The van der Waals surface area contributed by atoms with E-state index in [2.05, 4.69) is 4.98 Å². The van der Waals surface area contributed by atoms with Gasteiger partial charge < -0.3 is 10.0 Å². The molecular formula is C19H18N2O. The molecule has 0 aliphatic carbocycles. The molecule has 0 unspecified atom stereocenters. The van der Waals surface area contributed by atoms with Crippen LogP contribution in [0.3, 0.4) is 0 Å². The molecule has 0 spiro atoms. The summed E-state index contributed by atoms with van der Waals surface area (Å²) in [6, 6.07) is 19.6. The maximum absolute atomic E-state index is 10.3. The molecule has 3 aromatic rings. The molecule has 0 aliphatic rings. The summed E-state index contributed by atoms with van der Waals surface area (Å²) in [5.41, 5.74) is 3.54. The van der Waals surface area contributed by atoms with Crippen molar-refractivity contribution in [2.24, 2.45) is 0 Å². The Hall–Kier alpha value is -2.81. The second-order valence-electron chi connectivity index (χ2n) is 5.40. The molecule has 0 aliphatic heterocycles. The van der Waals surface area contributed by atoms with E-state index in [1.54, 1.807) is 6.08 Å². The highest BCUT2D eigenvalue weighted by Crippen LogP contribution is 2.20. The summed E-state index contributed by atoms with van der Waals surface area (Å²) in [5.74, 6) is 0.216. The number of rotatable bonds is 3. The van der Waals surface area contributed by atoms with Gasteiger partial charge in [0.15, 0.2) is 0 Å². The van der Waals surface area contributed by atoms with Crippen molar-refractivity contribution in [1.82, 2.24) is 4.98 Å². The minimum atomic E-state index is 0.216. The molecule has 0 fully saturated rings. The average Bonchev–Trinajstić information content (AvgIpc) is 2.55. The molecule has 3 rings (SSSR count). The fourth-order valence-corrected chi connectivity index (χ4v) is 2.32. The van der Waals surface area contributed by atoms with Crippen LogP contribution >= 0.6 is 0 Å². The predicted octanol–water partition coefficient (Wildman–Crippen LogP) is 4.36. The van der Waals surface area contributed by atoms with Gasteiger partial charge in [-0.1, -0.05) is 24.3 Å². The lowest BCUT2D eigenvalue weighted by Crippen LogP contribution is -2.08. The van der Waals surface area contributed by atoms with Crippen molar-refractivity contribution in [3.05, 3.63) is 71.9 Å². The van der Waals surface area contributed by atoms with Gasteiger partial charge in [0, 0.05) is 36.8 Å². The van der Waals surface area contributed by atoms with Crippen LogP contribution in [0.5, 0.6) is 0 Å². The van der Waals surface area contributed by atoms with Crippen LogP contribution in [0.25, 0.3) is 22.7 Å². The fraction of sp³-hybridized carbons (Fsp3) is 0.105. The van der Waals surface area contributed by atoms with E-state index in [0.29, 0.717) is 0 Å². The van der Waals surface area contributed by atoms with Gasteiger partial charge in [0.1, 0.15) is 5.76 Å².